The molecular weight excluding hydrogens is 515 g/mol. The molecule has 0 radical (unpaired) electrons. The summed E-state index contributed by atoms with van der Waals surface area (Å²) in [5.41, 5.74) is 1.80. The molecule has 1 aliphatic heterocycles. The highest BCUT2D eigenvalue weighted by atomic mass is 127. The molecule has 7 heteroatoms. The number of hydrogen-bond donors (Lipinski definition) is 2. The fraction of sp³-hybridized carbons (Fsp3) is 0.440. The number of carbonyl (C=O) groups excluding carboxylic acids is 1. The Morgan fingerprint density at radius 3 is 2.38 bits per heavy atom. The first-order valence-electron chi connectivity index (χ1n) is 11.2. The van der Waals surface area contributed by atoms with Crippen molar-refractivity contribution in [1.29, 1.82) is 0 Å². The number of hydrogen-bond acceptors (Lipinski definition) is 3. The fourth-order valence-electron chi connectivity index (χ4n) is 3.57. The summed E-state index contributed by atoms with van der Waals surface area (Å²) in [6.07, 6.45) is 3.10. The SMILES string of the molecule is CCC(C)NC(=O)c1ccc(CNC(=NC)N2CCC(Oc3ccccc3)CC2)cc1.I. The van der Waals surface area contributed by atoms with E-state index in [9.17, 15) is 4.79 Å². The van der Waals surface area contributed by atoms with Gasteiger partial charge in [0.15, 0.2) is 5.96 Å². The van der Waals surface area contributed by atoms with Crippen LogP contribution in [0.25, 0.3) is 0 Å². The minimum absolute atomic E-state index is 0. The molecule has 2 aromatic carbocycles. The van der Waals surface area contributed by atoms with Crippen LogP contribution in [0.15, 0.2) is 59.6 Å². The highest BCUT2D eigenvalue weighted by Gasteiger charge is 2.22. The monoisotopic (exact) mass is 550 g/mol. The van der Waals surface area contributed by atoms with Gasteiger partial charge in [0.2, 0.25) is 0 Å². The van der Waals surface area contributed by atoms with E-state index < -0.39 is 0 Å². The first-order valence-corrected chi connectivity index (χ1v) is 11.2. The molecule has 1 amide bonds. The van der Waals surface area contributed by atoms with E-state index in [4.69, 9.17) is 4.74 Å². The minimum atomic E-state index is -0.0229. The molecule has 1 atom stereocenters. The van der Waals surface area contributed by atoms with Crippen LogP contribution >= 0.6 is 24.0 Å². The molecule has 1 fully saturated rings. The van der Waals surface area contributed by atoms with Gasteiger partial charge in [-0.25, -0.2) is 0 Å². The third-order valence-electron chi connectivity index (χ3n) is 5.66. The molecule has 0 aromatic heterocycles. The Kier molecular flexibility index (Phi) is 10.8. The number of para-hydroxylation sites is 1. The van der Waals surface area contributed by atoms with Crippen LogP contribution in [0.5, 0.6) is 5.75 Å². The largest absolute Gasteiger partial charge is 0.490 e. The summed E-state index contributed by atoms with van der Waals surface area (Å²) >= 11 is 0. The zero-order valence-electron chi connectivity index (χ0n) is 19.2. The number of rotatable bonds is 7. The number of guanidine groups is 1. The maximum absolute atomic E-state index is 12.2. The Morgan fingerprint density at radius 1 is 1.12 bits per heavy atom. The summed E-state index contributed by atoms with van der Waals surface area (Å²) in [7, 11) is 1.82. The van der Waals surface area contributed by atoms with E-state index in [1.807, 2.05) is 68.6 Å². The van der Waals surface area contributed by atoms with E-state index in [0.717, 1.165) is 49.6 Å². The van der Waals surface area contributed by atoms with Gasteiger partial charge in [0.25, 0.3) is 5.91 Å². The highest BCUT2D eigenvalue weighted by molar-refractivity contribution is 14.0. The zero-order valence-corrected chi connectivity index (χ0v) is 21.5. The molecule has 32 heavy (non-hydrogen) atoms. The van der Waals surface area contributed by atoms with Crippen molar-refractivity contribution in [3.05, 3.63) is 65.7 Å². The van der Waals surface area contributed by atoms with Crippen LogP contribution in [-0.4, -0.2) is 49.0 Å². The van der Waals surface area contributed by atoms with Gasteiger partial charge < -0.3 is 20.3 Å². The molecule has 1 heterocycles. The molecule has 1 saturated heterocycles. The average Bonchev–Trinajstić information content (AvgIpc) is 2.81. The summed E-state index contributed by atoms with van der Waals surface area (Å²) in [4.78, 5) is 19.0. The third-order valence-corrected chi connectivity index (χ3v) is 5.66. The van der Waals surface area contributed by atoms with Crippen LogP contribution in [0.3, 0.4) is 0 Å². The van der Waals surface area contributed by atoms with Crippen molar-refractivity contribution in [2.75, 3.05) is 20.1 Å². The lowest BCUT2D eigenvalue weighted by Gasteiger charge is -2.34. The minimum Gasteiger partial charge on any atom is -0.490 e. The number of aliphatic imine (C=N–C) groups is 1. The van der Waals surface area contributed by atoms with Crippen molar-refractivity contribution in [3.63, 3.8) is 0 Å². The number of benzene rings is 2. The molecule has 174 valence electrons. The van der Waals surface area contributed by atoms with Gasteiger partial charge in [-0.2, -0.15) is 0 Å². The van der Waals surface area contributed by atoms with Crippen LogP contribution in [0, 0.1) is 0 Å². The van der Waals surface area contributed by atoms with E-state index in [1.54, 1.807) is 0 Å². The standard InChI is InChI=1S/C25H34N4O2.HI/c1-4-19(2)28-24(30)21-12-10-20(11-13-21)18-27-25(26-3)29-16-14-23(15-17-29)31-22-8-6-5-7-9-22;/h5-13,19,23H,4,14-18H2,1-3H3,(H,26,27)(H,28,30);1H. The van der Waals surface area contributed by atoms with E-state index in [-0.39, 0.29) is 42.0 Å². The molecule has 0 aliphatic carbocycles. The second-order valence-electron chi connectivity index (χ2n) is 8.00. The molecular formula is C25H35IN4O2. The average molecular weight is 550 g/mol. The fourth-order valence-corrected chi connectivity index (χ4v) is 3.57. The summed E-state index contributed by atoms with van der Waals surface area (Å²) in [5.74, 6) is 1.81. The van der Waals surface area contributed by atoms with Crippen molar-refractivity contribution in [2.24, 2.45) is 4.99 Å². The number of likely N-dealkylation sites (tertiary alicyclic amines) is 1. The normalized spacial score (nSPS) is 15.5. The highest BCUT2D eigenvalue weighted by Crippen LogP contribution is 2.18. The van der Waals surface area contributed by atoms with Gasteiger partial charge in [0, 0.05) is 51.1 Å². The zero-order chi connectivity index (χ0) is 22.1. The lowest BCUT2D eigenvalue weighted by atomic mass is 10.1. The topological polar surface area (TPSA) is 66.0 Å². The van der Waals surface area contributed by atoms with E-state index in [2.05, 4.69) is 27.4 Å². The smallest absolute Gasteiger partial charge is 0.251 e. The Morgan fingerprint density at radius 2 is 1.78 bits per heavy atom. The number of amides is 1. The van der Waals surface area contributed by atoms with Crippen LogP contribution in [0.4, 0.5) is 0 Å². The van der Waals surface area contributed by atoms with Crippen molar-refractivity contribution in [3.8, 4) is 5.75 Å². The molecule has 0 saturated carbocycles. The Balaban J connectivity index is 0.00000363. The molecule has 0 spiro atoms. The van der Waals surface area contributed by atoms with E-state index in [1.165, 1.54) is 0 Å². The van der Waals surface area contributed by atoms with Crippen molar-refractivity contribution in [2.45, 2.75) is 51.8 Å². The molecule has 2 N–H and O–H groups in total. The molecule has 2 aromatic rings. The maximum Gasteiger partial charge on any atom is 0.251 e. The van der Waals surface area contributed by atoms with Gasteiger partial charge in [0.05, 0.1) is 0 Å². The van der Waals surface area contributed by atoms with Gasteiger partial charge in [-0.15, -0.1) is 24.0 Å². The molecule has 0 bridgehead atoms. The van der Waals surface area contributed by atoms with Gasteiger partial charge in [-0.05, 0) is 43.2 Å². The number of nitrogens with one attached hydrogen (secondary N) is 2. The first kappa shape index (κ1) is 26.0. The van der Waals surface area contributed by atoms with E-state index in [0.29, 0.717) is 12.1 Å². The summed E-state index contributed by atoms with van der Waals surface area (Å²) in [6, 6.07) is 17.9. The summed E-state index contributed by atoms with van der Waals surface area (Å²) in [5, 5.41) is 6.44. The van der Waals surface area contributed by atoms with Crippen molar-refractivity contribution >= 4 is 35.8 Å². The predicted molar refractivity (Wildman–Crippen MR) is 141 cm³/mol. The van der Waals surface area contributed by atoms with E-state index >= 15 is 0 Å². The quantitative estimate of drug-likeness (QED) is 0.304. The maximum atomic E-state index is 12.2. The molecule has 1 unspecified atom stereocenters. The number of nitrogens with zero attached hydrogens (tertiary/aromatic N) is 2. The molecule has 6 nitrogen and oxygen atoms in total. The molecule has 3 rings (SSSR count). The van der Waals surface area contributed by atoms with Crippen molar-refractivity contribution < 1.29 is 9.53 Å². The lowest BCUT2D eigenvalue weighted by molar-refractivity contribution is 0.0939. The Bertz CT molecular complexity index is 850. The van der Waals surface area contributed by atoms with Gasteiger partial charge in [-0.3, -0.25) is 9.79 Å². The van der Waals surface area contributed by atoms with Gasteiger partial charge in [0.1, 0.15) is 11.9 Å². The summed E-state index contributed by atoms with van der Waals surface area (Å²) in [6.45, 7) is 6.56. The number of carbonyl (C=O) groups is 1. The number of piperidine rings is 1. The van der Waals surface area contributed by atoms with Gasteiger partial charge >= 0.3 is 0 Å². The van der Waals surface area contributed by atoms with Crippen LogP contribution in [0.1, 0.15) is 49.0 Å². The first-order chi connectivity index (χ1) is 15.1. The van der Waals surface area contributed by atoms with Gasteiger partial charge in [-0.1, -0.05) is 37.3 Å². The summed E-state index contributed by atoms with van der Waals surface area (Å²) < 4.78 is 6.09. The Labute approximate surface area is 208 Å². The second-order valence-corrected chi connectivity index (χ2v) is 8.00. The number of halogens is 1. The lowest BCUT2D eigenvalue weighted by Crippen LogP contribution is -2.47. The Hall–Kier alpha value is -2.29. The molecule has 1 aliphatic rings. The van der Waals surface area contributed by atoms with Crippen molar-refractivity contribution in [1.82, 2.24) is 15.5 Å². The van der Waals surface area contributed by atoms with Crippen LogP contribution in [-0.2, 0) is 6.54 Å². The predicted octanol–water partition coefficient (Wildman–Crippen LogP) is 4.45. The second kappa shape index (κ2) is 13.3. The number of ether oxygens (including phenoxy) is 1. The van der Waals surface area contributed by atoms with Crippen LogP contribution in [0.2, 0.25) is 0 Å². The third kappa shape index (κ3) is 7.69. The van der Waals surface area contributed by atoms with Crippen LogP contribution < -0.4 is 15.4 Å².